The van der Waals surface area contributed by atoms with Crippen molar-refractivity contribution in [1.29, 1.82) is 0 Å². The smallest absolute Gasteiger partial charge is 0.0898 e. The quantitative estimate of drug-likeness (QED) is 0.820. The Morgan fingerprint density at radius 3 is 2.63 bits per heavy atom. The first-order valence-corrected chi connectivity index (χ1v) is 8.65. The van der Waals surface area contributed by atoms with Crippen molar-refractivity contribution in [2.75, 3.05) is 6.54 Å². The molecule has 0 aliphatic carbocycles. The molecule has 0 aromatic carbocycles. The number of thiazole rings is 1. The van der Waals surface area contributed by atoms with E-state index in [1.165, 1.54) is 15.4 Å². The Balaban J connectivity index is 2.09. The van der Waals surface area contributed by atoms with Gasteiger partial charge in [-0.05, 0) is 38.4 Å². The number of aromatic nitrogens is 1. The van der Waals surface area contributed by atoms with E-state index in [1.54, 1.807) is 11.3 Å². The second-order valence-corrected chi connectivity index (χ2v) is 7.04. The molecule has 4 heteroatoms. The molecule has 2 heterocycles. The Labute approximate surface area is 123 Å². The summed E-state index contributed by atoms with van der Waals surface area (Å²) in [4.78, 5) is 7.57. The van der Waals surface area contributed by atoms with Gasteiger partial charge in [0.05, 0.1) is 16.7 Å². The molecular weight excluding hydrogens is 272 g/mol. The van der Waals surface area contributed by atoms with E-state index in [0.29, 0.717) is 6.04 Å². The molecular formula is C15H22N2S2. The monoisotopic (exact) mass is 294 g/mol. The average Bonchev–Trinajstić information content (AvgIpc) is 3.03. The highest BCUT2D eigenvalue weighted by atomic mass is 32.1. The third-order valence-electron chi connectivity index (χ3n) is 3.11. The van der Waals surface area contributed by atoms with Crippen LogP contribution in [0.1, 0.15) is 46.8 Å². The molecule has 0 bridgehead atoms. The topological polar surface area (TPSA) is 24.9 Å². The Bertz CT molecular complexity index is 502. The van der Waals surface area contributed by atoms with Gasteiger partial charge in [-0.15, -0.1) is 22.7 Å². The number of nitrogens with zero attached hydrogens (tertiary/aromatic N) is 1. The molecule has 0 amide bonds. The number of aryl methyl sites for hydroxylation is 2. The summed E-state index contributed by atoms with van der Waals surface area (Å²) in [6.07, 6.45) is 3.34. The first-order chi connectivity index (χ1) is 9.22. The van der Waals surface area contributed by atoms with Crippen molar-refractivity contribution in [3.8, 4) is 0 Å². The Morgan fingerprint density at radius 2 is 2.05 bits per heavy atom. The largest absolute Gasteiger partial charge is 0.308 e. The lowest BCUT2D eigenvalue weighted by Gasteiger charge is -2.15. The van der Waals surface area contributed by atoms with Crippen molar-refractivity contribution >= 4 is 22.7 Å². The number of rotatable bonds is 7. The summed E-state index contributed by atoms with van der Waals surface area (Å²) in [5.41, 5.74) is 1.20. The maximum Gasteiger partial charge on any atom is 0.0898 e. The molecule has 0 saturated carbocycles. The van der Waals surface area contributed by atoms with E-state index >= 15 is 0 Å². The fourth-order valence-corrected chi connectivity index (χ4v) is 3.73. The van der Waals surface area contributed by atoms with Crippen molar-refractivity contribution < 1.29 is 0 Å². The summed E-state index contributed by atoms with van der Waals surface area (Å²) < 4.78 is 0. The predicted molar refractivity (Wildman–Crippen MR) is 85.3 cm³/mol. The standard InChI is InChI=1S/C15H22N2S2/c1-4-8-16-14(15-10-18-11(3)17-15)9-13-7-6-12(5-2)19-13/h6-7,10,14,16H,4-5,8-9H2,1-3H3. The molecule has 0 saturated heterocycles. The third-order valence-corrected chi connectivity index (χ3v) is 5.15. The van der Waals surface area contributed by atoms with Gasteiger partial charge in [0.1, 0.15) is 0 Å². The zero-order valence-corrected chi connectivity index (χ0v) is 13.5. The molecule has 0 radical (unpaired) electrons. The minimum Gasteiger partial charge on any atom is -0.308 e. The lowest BCUT2D eigenvalue weighted by atomic mass is 10.1. The minimum absolute atomic E-state index is 0.355. The zero-order chi connectivity index (χ0) is 13.7. The van der Waals surface area contributed by atoms with Crippen molar-refractivity contribution in [2.45, 2.75) is 46.1 Å². The SMILES string of the molecule is CCCNC(Cc1ccc(CC)s1)c1csc(C)n1. The van der Waals surface area contributed by atoms with Crippen molar-refractivity contribution in [2.24, 2.45) is 0 Å². The maximum atomic E-state index is 4.65. The highest BCUT2D eigenvalue weighted by Gasteiger charge is 2.15. The van der Waals surface area contributed by atoms with Crippen LogP contribution in [-0.2, 0) is 12.8 Å². The van der Waals surface area contributed by atoms with Gasteiger partial charge < -0.3 is 5.32 Å². The molecule has 2 nitrogen and oxygen atoms in total. The fraction of sp³-hybridized carbons (Fsp3) is 0.533. The second kappa shape index (κ2) is 7.17. The Morgan fingerprint density at radius 1 is 1.26 bits per heavy atom. The van der Waals surface area contributed by atoms with E-state index < -0.39 is 0 Å². The first kappa shape index (κ1) is 14.7. The average molecular weight is 294 g/mol. The summed E-state index contributed by atoms with van der Waals surface area (Å²) >= 11 is 3.67. The molecule has 1 unspecified atom stereocenters. The van der Waals surface area contributed by atoms with Crippen LogP contribution in [0.25, 0.3) is 0 Å². The lowest BCUT2D eigenvalue weighted by molar-refractivity contribution is 0.522. The Hall–Kier alpha value is -0.710. The van der Waals surface area contributed by atoms with E-state index in [1.807, 2.05) is 11.3 Å². The molecule has 1 N–H and O–H groups in total. The van der Waals surface area contributed by atoms with Crippen LogP contribution >= 0.6 is 22.7 Å². The molecule has 2 aromatic rings. The molecule has 0 fully saturated rings. The van der Waals surface area contributed by atoms with E-state index in [0.717, 1.165) is 30.8 Å². The second-order valence-electron chi connectivity index (χ2n) is 4.72. The van der Waals surface area contributed by atoms with Crippen LogP contribution in [-0.4, -0.2) is 11.5 Å². The van der Waals surface area contributed by atoms with Crippen molar-refractivity contribution in [3.63, 3.8) is 0 Å². The van der Waals surface area contributed by atoms with Crippen LogP contribution in [0, 0.1) is 6.92 Å². The fourth-order valence-electron chi connectivity index (χ4n) is 2.06. The van der Waals surface area contributed by atoms with Gasteiger partial charge in [0.25, 0.3) is 0 Å². The van der Waals surface area contributed by atoms with E-state index in [-0.39, 0.29) is 0 Å². The van der Waals surface area contributed by atoms with Crippen LogP contribution in [0.15, 0.2) is 17.5 Å². The number of thiophene rings is 1. The number of hydrogen-bond donors (Lipinski definition) is 1. The first-order valence-electron chi connectivity index (χ1n) is 6.96. The van der Waals surface area contributed by atoms with Crippen LogP contribution in [0.5, 0.6) is 0 Å². The van der Waals surface area contributed by atoms with Gasteiger partial charge in [-0.25, -0.2) is 4.98 Å². The highest BCUT2D eigenvalue weighted by Crippen LogP contribution is 2.25. The number of hydrogen-bond acceptors (Lipinski definition) is 4. The molecule has 19 heavy (non-hydrogen) atoms. The summed E-state index contributed by atoms with van der Waals surface area (Å²) in [5.74, 6) is 0. The Kier molecular flexibility index (Phi) is 5.55. The van der Waals surface area contributed by atoms with Crippen LogP contribution in [0.4, 0.5) is 0 Å². The van der Waals surface area contributed by atoms with Gasteiger partial charge in [0.15, 0.2) is 0 Å². The highest BCUT2D eigenvalue weighted by molar-refractivity contribution is 7.12. The van der Waals surface area contributed by atoms with E-state index in [9.17, 15) is 0 Å². The molecule has 104 valence electrons. The lowest BCUT2D eigenvalue weighted by Crippen LogP contribution is -2.24. The molecule has 0 spiro atoms. The normalized spacial score (nSPS) is 12.8. The minimum atomic E-state index is 0.355. The number of nitrogens with one attached hydrogen (secondary N) is 1. The molecule has 2 rings (SSSR count). The summed E-state index contributed by atoms with van der Waals surface area (Å²) in [7, 11) is 0. The van der Waals surface area contributed by atoms with Gasteiger partial charge >= 0.3 is 0 Å². The van der Waals surface area contributed by atoms with Gasteiger partial charge in [0, 0.05) is 21.6 Å². The van der Waals surface area contributed by atoms with E-state index in [4.69, 9.17) is 0 Å². The molecule has 2 aromatic heterocycles. The molecule has 0 aliphatic rings. The summed E-state index contributed by atoms with van der Waals surface area (Å²) in [6.45, 7) is 7.54. The third kappa shape index (κ3) is 4.13. The molecule has 0 aliphatic heterocycles. The van der Waals surface area contributed by atoms with Crippen LogP contribution in [0.3, 0.4) is 0 Å². The summed E-state index contributed by atoms with van der Waals surface area (Å²) in [6, 6.07) is 4.88. The zero-order valence-electron chi connectivity index (χ0n) is 11.9. The predicted octanol–water partition coefficient (Wildman–Crippen LogP) is 4.36. The molecule has 1 atom stereocenters. The van der Waals surface area contributed by atoms with Crippen molar-refractivity contribution in [1.82, 2.24) is 10.3 Å². The van der Waals surface area contributed by atoms with E-state index in [2.05, 4.69) is 48.6 Å². The van der Waals surface area contributed by atoms with Gasteiger partial charge in [0.2, 0.25) is 0 Å². The maximum absolute atomic E-state index is 4.65. The van der Waals surface area contributed by atoms with Crippen LogP contribution < -0.4 is 5.32 Å². The van der Waals surface area contributed by atoms with Gasteiger partial charge in [-0.1, -0.05) is 13.8 Å². The van der Waals surface area contributed by atoms with Gasteiger partial charge in [-0.3, -0.25) is 0 Å². The van der Waals surface area contributed by atoms with Crippen molar-refractivity contribution in [3.05, 3.63) is 38.0 Å². The summed E-state index contributed by atoms with van der Waals surface area (Å²) in [5, 5.41) is 6.97. The van der Waals surface area contributed by atoms with Crippen LogP contribution in [0.2, 0.25) is 0 Å². The van der Waals surface area contributed by atoms with Gasteiger partial charge in [-0.2, -0.15) is 0 Å².